The van der Waals surface area contributed by atoms with E-state index >= 15 is 0 Å². The van der Waals surface area contributed by atoms with Crippen molar-refractivity contribution in [3.63, 3.8) is 0 Å². The molecule has 1 rings (SSSR count). The van der Waals surface area contributed by atoms with Gasteiger partial charge in [-0.1, -0.05) is 0 Å². The zero-order valence-corrected chi connectivity index (χ0v) is 13.0. The molecule has 1 aliphatic heterocycles. The highest BCUT2D eigenvalue weighted by molar-refractivity contribution is 5.80. The molecule has 0 radical (unpaired) electrons. The summed E-state index contributed by atoms with van der Waals surface area (Å²) in [5.41, 5.74) is 0. The Morgan fingerprint density at radius 1 is 1.19 bits per heavy atom. The average Bonchev–Trinajstić information content (AvgIpc) is 2.46. The Hall–Kier alpha value is -1.63. The van der Waals surface area contributed by atoms with E-state index in [9.17, 15) is 14.4 Å². The first-order valence-electron chi connectivity index (χ1n) is 7.17. The number of likely N-dealkylation sites (tertiary alicyclic amines) is 1. The Morgan fingerprint density at radius 3 is 2.33 bits per heavy atom. The quantitative estimate of drug-likeness (QED) is 0.637. The summed E-state index contributed by atoms with van der Waals surface area (Å²) < 4.78 is 9.55. The van der Waals surface area contributed by atoms with Crippen molar-refractivity contribution in [1.29, 1.82) is 0 Å². The van der Waals surface area contributed by atoms with Crippen molar-refractivity contribution in [3.8, 4) is 0 Å². The van der Waals surface area contributed by atoms with Crippen LogP contribution in [0.25, 0.3) is 0 Å². The van der Waals surface area contributed by atoms with Gasteiger partial charge in [-0.15, -0.1) is 0 Å². The third-order valence-corrected chi connectivity index (χ3v) is 3.49. The van der Waals surface area contributed by atoms with Crippen LogP contribution in [0.4, 0.5) is 0 Å². The Balaban J connectivity index is 2.33. The first-order chi connectivity index (χ1) is 9.97. The topological polar surface area (TPSA) is 76.2 Å². The molecule has 1 fully saturated rings. The number of esters is 2. The number of hydrogen-bond acceptors (Lipinski definition) is 6. The zero-order chi connectivity index (χ0) is 15.8. The van der Waals surface area contributed by atoms with Crippen LogP contribution >= 0.6 is 0 Å². The van der Waals surface area contributed by atoms with Crippen molar-refractivity contribution >= 4 is 17.8 Å². The van der Waals surface area contributed by atoms with E-state index in [4.69, 9.17) is 9.47 Å². The molecular weight excluding hydrogens is 276 g/mol. The number of carbonyl (C=O) groups excluding carboxylic acids is 3. The highest BCUT2D eigenvalue weighted by atomic mass is 16.5. The Bertz CT molecular complexity index is 378. The standard InChI is InChI=1S/C14H24N2O5/c1-4-21-13(18)10-15(2)9-12(17)16-7-5-11(6-8-16)14(19)20-3/h11H,4-10H2,1-3H3. The van der Waals surface area contributed by atoms with Gasteiger partial charge in [0.15, 0.2) is 0 Å². The lowest BCUT2D eigenvalue weighted by Gasteiger charge is -2.31. The summed E-state index contributed by atoms with van der Waals surface area (Å²) in [4.78, 5) is 38.2. The Kier molecular flexibility index (Phi) is 7.14. The molecule has 0 aliphatic carbocycles. The van der Waals surface area contributed by atoms with E-state index < -0.39 is 0 Å². The van der Waals surface area contributed by atoms with Crippen molar-refractivity contribution in [2.24, 2.45) is 5.92 Å². The van der Waals surface area contributed by atoms with Crippen molar-refractivity contribution in [1.82, 2.24) is 9.80 Å². The summed E-state index contributed by atoms with van der Waals surface area (Å²) in [5, 5.41) is 0. The van der Waals surface area contributed by atoms with Gasteiger partial charge in [0.25, 0.3) is 0 Å². The average molecular weight is 300 g/mol. The van der Waals surface area contributed by atoms with Gasteiger partial charge in [-0.05, 0) is 26.8 Å². The predicted octanol–water partition coefficient (Wildman–Crippen LogP) is -0.107. The van der Waals surface area contributed by atoms with Gasteiger partial charge in [0, 0.05) is 13.1 Å². The van der Waals surface area contributed by atoms with Crippen molar-refractivity contribution in [2.45, 2.75) is 19.8 Å². The minimum Gasteiger partial charge on any atom is -0.469 e. The van der Waals surface area contributed by atoms with Gasteiger partial charge in [-0.2, -0.15) is 0 Å². The Labute approximate surface area is 125 Å². The number of nitrogens with zero attached hydrogens (tertiary/aromatic N) is 2. The molecule has 0 unspecified atom stereocenters. The number of methoxy groups -OCH3 is 1. The van der Waals surface area contributed by atoms with Gasteiger partial charge in [0.2, 0.25) is 5.91 Å². The molecule has 0 spiro atoms. The SMILES string of the molecule is CCOC(=O)CN(C)CC(=O)N1CCC(C(=O)OC)CC1. The summed E-state index contributed by atoms with van der Waals surface area (Å²) in [7, 11) is 3.08. The van der Waals surface area contributed by atoms with Gasteiger partial charge >= 0.3 is 11.9 Å². The third kappa shape index (κ3) is 5.71. The normalized spacial score (nSPS) is 15.9. The smallest absolute Gasteiger partial charge is 0.320 e. The van der Waals surface area contributed by atoms with E-state index in [1.54, 1.807) is 23.8 Å². The highest BCUT2D eigenvalue weighted by Crippen LogP contribution is 2.18. The van der Waals surface area contributed by atoms with Crippen LogP contribution in [0.5, 0.6) is 0 Å². The lowest BCUT2D eigenvalue weighted by molar-refractivity contribution is -0.149. The summed E-state index contributed by atoms with van der Waals surface area (Å²) in [5.74, 6) is -0.694. The molecule has 120 valence electrons. The number of ether oxygens (including phenoxy) is 2. The van der Waals surface area contributed by atoms with Crippen LogP contribution in [0.1, 0.15) is 19.8 Å². The van der Waals surface area contributed by atoms with E-state index in [-0.39, 0.29) is 36.9 Å². The fourth-order valence-electron chi connectivity index (χ4n) is 2.35. The van der Waals surface area contributed by atoms with E-state index in [2.05, 4.69) is 0 Å². The predicted molar refractivity (Wildman–Crippen MR) is 75.5 cm³/mol. The minimum absolute atomic E-state index is 0.0369. The molecule has 0 aromatic rings. The first-order valence-corrected chi connectivity index (χ1v) is 7.17. The van der Waals surface area contributed by atoms with Crippen LogP contribution in [0.15, 0.2) is 0 Å². The molecular formula is C14H24N2O5. The molecule has 0 saturated carbocycles. The van der Waals surface area contributed by atoms with Gasteiger partial charge in [0.1, 0.15) is 0 Å². The molecule has 0 aromatic carbocycles. The molecule has 1 heterocycles. The monoisotopic (exact) mass is 300 g/mol. The second kappa shape index (κ2) is 8.61. The fourth-order valence-corrected chi connectivity index (χ4v) is 2.35. The lowest BCUT2D eigenvalue weighted by Crippen LogP contribution is -2.45. The summed E-state index contributed by atoms with van der Waals surface area (Å²) in [6, 6.07) is 0. The Morgan fingerprint density at radius 2 is 1.81 bits per heavy atom. The number of hydrogen-bond donors (Lipinski definition) is 0. The summed E-state index contributed by atoms with van der Waals surface area (Å²) in [6.07, 6.45) is 1.25. The first kappa shape index (κ1) is 17.4. The van der Waals surface area contributed by atoms with Gasteiger partial charge in [-0.3, -0.25) is 19.3 Å². The maximum absolute atomic E-state index is 12.1. The van der Waals surface area contributed by atoms with Crippen LogP contribution in [-0.4, -0.2) is 74.6 Å². The van der Waals surface area contributed by atoms with Crippen LogP contribution in [0.3, 0.4) is 0 Å². The molecule has 1 saturated heterocycles. The number of rotatable bonds is 6. The third-order valence-electron chi connectivity index (χ3n) is 3.49. The van der Waals surface area contributed by atoms with Gasteiger partial charge in [0.05, 0.1) is 32.7 Å². The maximum Gasteiger partial charge on any atom is 0.320 e. The summed E-state index contributed by atoms with van der Waals surface area (Å²) >= 11 is 0. The second-order valence-corrected chi connectivity index (χ2v) is 5.16. The van der Waals surface area contributed by atoms with Crippen LogP contribution in [-0.2, 0) is 23.9 Å². The van der Waals surface area contributed by atoms with Crippen LogP contribution < -0.4 is 0 Å². The van der Waals surface area contributed by atoms with E-state index in [1.165, 1.54) is 7.11 Å². The molecule has 0 N–H and O–H groups in total. The molecule has 7 nitrogen and oxygen atoms in total. The molecule has 0 atom stereocenters. The van der Waals surface area contributed by atoms with E-state index in [0.717, 1.165) is 0 Å². The van der Waals surface area contributed by atoms with Crippen LogP contribution in [0, 0.1) is 5.92 Å². The number of likely N-dealkylation sites (N-methyl/N-ethyl adjacent to an activating group) is 1. The molecule has 21 heavy (non-hydrogen) atoms. The summed E-state index contributed by atoms with van der Waals surface area (Å²) in [6.45, 7) is 3.44. The second-order valence-electron chi connectivity index (χ2n) is 5.16. The van der Waals surface area contributed by atoms with Gasteiger partial charge in [-0.25, -0.2) is 0 Å². The van der Waals surface area contributed by atoms with E-state index in [0.29, 0.717) is 32.5 Å². The minimum atomic E-state index is -0.336. The molecule has 0 bridgehead atoms. The highest BCUT2D eigenvalue weighted by Gasteiger charge is 2.28. The fraction of sp³-hybridized carbons (Fsp3) is 0.786. The van der Waals surface area contributed by atoms with Crippen molar-refractivity contribution in [2.75, 3.05) is 46.9 Å². The maximum atomic E-state index is 12.1. The number of piperidine rings is 1. The largest absolute Gasteiger partial charge is 0.469 e. The van der Waals surface area contributed by atoms with E-state index in [1.807, 2.05) is 0 Å². The van der Waals surface area contributed by atoms with Crippen molar-refractivity contribution in [3.05, 3.63) is 0 Å². The lowest BCUT2D eigenvalue weighted by atomic mass is 9.97. The molecule has 0 aromatic heterocycles. The zero-order valence-electron chi connectivity index (χ0n) is 13.0. The molecule has 1 amide bonds. The van der Waals surface area contributed by atoms with Gasteiger partial charge < -0.3 is 14.4 Å². The number of carbonyl (C=O) groups is 3. The van der Waals surface area contributed by atoms with Crippen molar-refractivity contribution < 1.29 is 23.9 Å². The number of amides is 1. The van der Waals surface area contributed by atoms with Crippen LogP contribution in [0.2, 0.25) is 0 Å². The molecule has 7 heteroatoms. The molecule has 1 aliphatic rings.